The van der Waals surface area contributed by atoms with Gasteiger partial charge in [-0.05, 0) is 51.9 Å². The second-order valence-corrected chi connectivity index (χ2v) is 7.46. The monoisotopic (exact) mass is 295 g/mol. The highest BCUT2D eigenvalue weighted by molar-refractivity contribution is 5.83. The zero-order valence-corrected chi connectivity index (χ0v) is 13.7. The Morgan fingerprint density at radius 1 is 1.24 bits per heavy atom. The third kappa shape index (κ3) is 2.95. The van der Waals surface area contributed by atoms with Crippen molar-refractivity contribution in [2.45, 2.75) is 65.7 Å². The summed E-state index contributed by atoms with van der Waals surface area (Å²) in [7, 11) is 0. The van der Waals surface area contributed by atoms with Gasteiger partial charge in [0.25, 0.3) is 0 Å². The van der Waals surface area contributed by atoms with Crippen LogP contribution in [0.25, 0.3) is 0 Å². The second kappa shape index (κ2) is 5.98. The topological polar surface area (TPSA) is 57.6 Å². The number of likely N-dealkylation sites (tertiary alicyclic amines) is 1. The Bertz CT molecular complexity index is 410. The molecule has 1 amide bonds. The summed E-state index contributed by atoms with van der Waals surface area (Å²) in [5, 5.41) is 9.42. The Labute approximate surface area is 127 Å². The van der Waals surface area contributed by atoms with Gasteiger partial charge in [-0.15, -0.1) is 0 Å². The maximum atomic E-state index is 13.0. The Morgan fingerprint density at radius 2 is 1.86 bits per heavy atom. The summed E-state index contributed by atoms with van der Waals surface area (Å²) in [5.74, 6) is -0.413. The summed E-state index contributed by atoms with van der Waals surface area (Å²) >= 11 is 0. The third-order valence-electron chi connectivity index (χ3n) is 5.97. The van der Waals surface area contributed by atoms with Crippen molar-refractivity contribution in [3.8, 4) is 0 Å². The lowest BCUT2D eigenvalue weighted by Crippen LogP contribution is -2.50. The normalized spacial score (nSPS) is 25.9. The number of carbonyl (C=O) groups excluding carboxylic acids is 1. The molecule has 1 saturated carbocycles. The Balaban J connectivity index is 2.10. The number of carbonyl (C=O) groups is 2. The zero-order valence-electron chi connectivity index (χ0n) is 13.7. The molecule has 0 aromatic rings. The summed E-state index contributed by atoms with van der Waals surface area (Å²) in [6.45, 7) is 7.11. The van der Waals surface area contributed by atoms with Crippen molar-refractivity contribution < 1.29 is 14.7 Å². The van der Waals surface area contributed by atoms with Crippen LogP contribution >= 0.6 is 0 Å². The fourth-order valence-corrected chi connectivity index (χ4v) is 4.03. The number of nitrogens with zero attached hydrogens (tertiary/aromatic N) is 1. The number of piperidine rings is 1. The molecule has 1 saturated heterocycles. The van der Waals surface area contributed by atoms with Gasteiger partial charge >= 0.3 is 5.97 Å². The van der Waals surface area contributed by atoms with E-state index in [0.29, 0.717) is 6.54 Å². The van der Waals surface area contributed by atoms with Crippen molar-refractivity contribution in [1.82, 2.24) is 4.90 Å². The highest BCUT2D eigenvalue weighted by Crippen LogP contribution is 2.44. The van der Waals surface area contributed by atoms with Crippen molar-refractivity contribution in [3.05, 3.63) is 0 Å². The number of amides is 1. The molecule has 120 valence electrons. The first kappa shape index (κ1) is 16.3. The first-order valence-corrected chi connectivity index (χ1v) is 8.36. The second-order valence-electron chi connectivity index (χ2n) is 7.46. The fraction of sp³-hybridized carbons (Fsp3) is 0.882. The molecule has 1 N–H and O–H groups in total. The molecule has 2 fully saturated rings. The van der Waals surface area contributed by atoms with E-state index in [1.54, 1.807) is 13.8 Å². The molecule has 0 aromatic carbocycles. The van der Waals surface area contributed by atoms with Crippen molar-refractivity contribution in [1.29, 1.82) is 0 Å². The quantitative estimate of drug-likeness (QED) is 0.865. The lowest BCUT2D eigenvalue weighted by molar-refractivity contribution is -0.155. The van der Waals surface area contributed by atoms with Crippen LogP contribution in [0.1, 0.15) is 65.7 Å². The Hall–Kier alpha value is -1.06. The van der Waals surface area contributed by atoms with Gasteiger partial charge in [0.2, 0.25) is 5.91 Å². The number of rotatable bonds is 4. The first-order chi connectivity index (χ1) is 9.83. The summed E-state index contributed by atoms with van der Waals surface area (Å²) in [6, 6.07) is 0. The lowest BCUT2D eigenvalue weighted by atomic mass is 9.73. The van der Waals surface area contributed by atoms with Crippen LogP contribution < -0.4 is 0 Å². The van der Waals surface area contributed by atoms with Crippen LogP contribution in [0.15, 0.2) is 0 Å². The predicted octanol–water partition coefficient (Wildman–Crippen LogP) is 3.31. The molecule has 1 aliphatic carbocycles. The largest absolute Gasteiger partial charge is 0.481 e. The van der Waals surface area contributed by atoms with E-state index in [-0.39, 0.29) is 17.2 Å². The molecule has 0 aromatic heterocycles. The highest BCUT2D eigenvalue weighted by atomic mass is 16.4. The first-order valence-electron chi connectivity index (χ1n) is 8.36. The van der Waals surface area contributed by atoms with Crippen LogP contribution in [0, 0.1) is 16.7 Å². The van der Waals surface area contributed by atoms with Crippen LogP contribution in [0.5, 0.6) is 0 Å². The Morgan fingerprint density at radius 3 is 2.38 bits per heavy atom. The van der Waals surface area contributed by atoms with Crippen molar-refractivity contribution in [2.24, 2.45) is 16.7 Å². The molecule has 1 heterocycles. The van der Waals surface area contributed by atoms with Gasteiger partial charge in [-0.1, -0.05) is 19.8 Å². The van der Waals surface area contributed by atoms with Crippen molar-refractivity contribution >= 4 is 11.9 Å². The third-order valence-corrected chi connectivity index (χ3v) is 5.97. The fourth-order valence-electron chi connectivity index (χ4n) is 4.03. The number of hydrogen-bond acceptors (Lipinski definition) is 2. The number of aliphatic carboxylic acids is 1. The average molecular weight is 295 g/mol. The zero-order chi connectivity index (χ0) is 15.7. The lowest BCUT2D eigenvalue weighted by Gasteiger charge is -2.42. The van der Waals surface area contributed by atoms with Crippen LogP contribution in [-0.4, -0.2) is 35.0 Å². The van der Waals surface area contributed by atoms with E-state index in [4.69, 9.17) is 0 Å². The van der Waals surface area contributed by atoms with Gasteiger partial charge in [0.1, 0.15) is 0 Å². The van der Waals surface area contributed by atoms with Crippen LogP contribution in [-0.2, 0) is 9.59 Å². The molecule has 1 atom stereocenters. The molecule has 2 aliphatic rings. The van der Waals surface area contributed by atoms with Gasteiger partial charge in [0.05, 0.1) is 5.41 Å². The van der Waals surface area contributed by atoms with Crippen molar-refractivity contribution in [3.63, 3.8) is 0 Å². The maximum absolute atomic E-state index is 13.0. The van der Waals surface area contributed by atoms with E-state index in [1.165, 1.54) is 0 Å². The van der Waals surface area contributed by atoms with Gasteiger partial charge in [-0.3, -0.25) is 9.59 Å². The van der Waals surface area contributed by atoms with E-state index in [0.717, 1.165) is 51.5 Å². The molecular formula is C17H29NO3. The molecular weight excluding hydrogens is 266 g/mol. The van der Waals surface area contributed by atoms with Gasteiger partial charge in [-0.2, -0.15) is 0 Å². The van der Waals surface area contributed by atoms with Crippen LogP contribution in [0.2, 0.25) is 0 Å². The molecule has 21 heavy (non-hydrogen) atoms. The van der Waals surface area contributed by atoms with E-state index in [9.17, 15) is 14.7 Å². The molecule has 1 aliphatic heterocycles. The molecule has 0 bridgehead atoms. The number of hydrogen-bond donors (Lipinski definition) is 1. The molecule has 1 unspecified atom stereocenters. The van der Waals surface area contributed by atoms with Gasteiger partial charge in [0, 0.05) is 18.5 Å². The minimum atomic E-state index is -0.757. The van der Waals surface area contributed by atoms with Gasteiger partial charge in [0.15, 0.2) is 0 Å². The standard InChI is InChI=1S/C17H29NO3/c1-4-17(9-5-6-10-17)14(19)18-11-7-8-13(12-18)16(2,3)15(20)21/h13H,4-12H2,1-3H3,(H,20,21). The molecule has 0 spiro atoms. The Kier molecular flexibility index (Phi) is 4.64. The summed E-state index contributed by atoms with van der Waals surface area (Å²) in [6.07, 6.45) is 7.05. The van der Waals surface area contributed by atoms with E-state index >= 15 is 0 Å². The SMILES string of the molecule is CCC1(C(=O)N2CCCC(C(C)(C)C(=O)O)C2)CCCC1. The maximum Gasteiger partial charge on any atom is 0.309 e. The number of carboxylic acid groups (broad SMARTS) is 1. The van der Waals surface area contributed by atoms with Gasteiger partial charge in [-0.25, -0.2) is 0 Å². The molecule has 4 heteroatoms. The smallest absolute Gasteiger partial charge is 0.309 e. The van der Waals surface area contributed by atoms with Gasteiger partial charge < -0.3 is 10.0 Å². The van der Waals surface area contributed by atoms with Crippen molar-refractivity contribution in [2.75, 3.05) is 13.1 Å². The minimum absolute atomic E-state index is 0.0583. The van der Waals surface area contributed by atoms with E-state index in [1.807, 2.05) is 4.90 Å². The minimum Gasteiger partial charge on any atom is -0.481 e. The van der Waals surface area contributed by atoms with E-state index < -0.39 is 11.4 Å². The molecule has 0 radical (unpaired) electrons. The average Bonchev–Trinajstić information content (AvgIpc) is 2.96. The summed E-state index contributed by atoms with van der Waals surface area (Å²) < 4.78 is 0. The highest BCUT2D eigenvalue weighted by Gasteiger charge is 2.45. The van der Waals surface area contributed by atoms with Crippen LogP contribution in [0.3, 0.4) is 0 Å². The summed E-state index contributed by atoms with van der Waals surface area (Å²) in [5.41, 5.74) is -0.913. The summed E-state index contributed by atoms with van der Waals surface area (Å²) in [4.78, 5) is 26.4. The number of carboxylic acids is 1. The molecule has 2 rings (SSSR count). The molecule has 4 nitrogen and oxygen atoms in total. The van der Waals surface area contributed by atoms with Crippen LogP contribution in [0.4, 0.5) is 0 Å². The van der Waals surface area contributed by atoms with E-state index in [2.05, 4.69) is 6.92 Å². The predicted molar refractivity (Wildman–Crippen MR) is 81.9 cm³/mol.